The highest BCUT2D eigenvalue weighted by Crippen LogP contribution is 2.49. The van der Waals surface area contributed by atoms with Crippen molar-refractivity contribution in [3.63, 3.8) is 0 Å². The van der Waals surface area contributed by atoms with Gasteiger partial charge in [0.25, 0.3) is 0 Å². The van der Waals surface area contributed by atoms with Crippen LogP contribution in [0.2, 0.25) is 5.28 Å². The zero-order chi connectivity index (χ0) is 27.3. The van der Waals surface area contributed by atoms with E-state index in [4.69, 9.17) is 21.1 Å². The fourth-order valence-electron chi connectivity index (χ4n) is 6.34. The van der Waals surface area contributed by atoms with Gasteiger partial charge in [-0.25, -0.2) is 13.8 Å². The third kappa shape index (κ3) is 4.56. The maximum Gasteiger partial charge on any atom is 0.225 e. The number of nitrogens with zero attached hydrogens (tertiary/aromatic N) is 4. The summed E-state index contributed by atoms with van der Waals surface area (Å²) in [5, 5.41) is 11.6. The summed E-state index contributed by atoms with van der Waals surface area (Å²) in [7, 11) is 1.51. The van der Waals surface area contributed by atoms with Gasteiger partial charge in [-0.15, -0.1) is 0 Å². The number of aliphatic hydroxyl groups excluding tert-OH is 1. The van der Waals surface area contributed by atoms with Crippen LogP contribution in [0.3, 0.4) is 0 Å². The molecule has 7 nitrogen and oxygen atoms in total. The molecule has 1 aliphatic carbocycles. The maximum absolute atomic E-state index is 16.4. The number of piperidine rings is 1. The number of hydrogen-bond donors (Lipinski definition) is 1. The van der Waals surface area contributed by atoms with Crippen molar-refractivity contribution >= 4 is 39.1 Å². The first-order valence-corrected chi connectivity index (χ1v) is 13.5. The number of benzene rings is 2. The summed E-state index contributed by atoms with van der Waals surface area (Å²) in [6, 6.07) is 6.47. The third-order valence-electron chi connectivity index (χ3n) is 8.03. The highest BCUT2D eigenvalue weighted by Gasteiger charge is 2.46. The van der Waals surface area contributed by atoms with E-state index in [1.165, 1.54) is 13.2 Å². The smallest absolute Gasteiger partial charge is 0.225 e. The number of aliphatic hydroxyl groups is 1. The third-order valence-corrected chi connectivity index (χ3v) is 8.20. The molecule has 3 heterocycles. The Balaban J connectivity index is 1.52. The molecular formula is C29H29ClF2N4O3. The maximum atomic E-state index is 16.4. The fraction of sp³-hybridized carbons (Fsp3) is 0.414. The molecule has 1 saturated carbocycles. The second kappa shape index (κ2) is 10.1. The number of hydrogen-bond acceptors (Lipinski definition) is 7. The van der Waals surface area contributed by atoms with E-state index < -0.39 is 5.82 Å². The molecule has 0 radical (unpaired) electrons. The summed E-state index contributed by atoms with van der Waals surface area (Å²) < 4.78 is 42.0. The van der Waals surface area contributed by atoms with Gasteiger partial charge in [-0.1, -0.05) is 13.0 Å². The molecule has 0 bridgehead atoms. The zero-order valence-corrected chi connectivity index (χ0v) is 22.6. The Morgan fingerprint density at radius 2 is 2.03 bits per heavy atom. The Morgan fingerprint density at radius 3 is 2.77 bits per heavy atom. The van der Waals surface area contributed by atoms with Gasteiger partial charge in [0.05, 0.1) is 11.5 Å². The second-order valence-electron chi connectivity index (χ2n) is 10.6. The van der Waals surface area contributed by atoms with Crippen LogP contribution in [0.25, 0.3) is 32.9 Å². The molecule has 2 fully saturated rings. The highest BCUT2D eigenvalue weighted by molar-refractivity contribution is 6.28. The molecule has 1 aliphatic heterocycles. The Bertz CT molecular complexity index is 1570. The second-order valence-corrected chi connectivity index (χ2v) is 10.9. The van der Waals surface area contributed by atoms with Gasteiger partial charge in [0.1, 0.15) is 28.6 Å². The van der Waals surface area contributed by atoms with E-state index in [0.717, 1.165) is 32.2 Å². The van der Waals surface area contributed by atoms with Crippen LogP contribution in [-0.4, -0.2) is 53.2 Å². The minimum atomic E-state index is -0.666. The lowest BCUT2D eigenvalue weighted by Gasteiger charge is -2.51. The van der Waals surface area contributed by atoms with Crippen molar-refractivity contribution < 1.29 is 23.4 Å². The van der Waals surface area contributed by atoms with Gasteiger partial charge in [0, 0.05) is 32.0 Å². The molecule has 0 amide bonds. The number of aromatic nitrogens is 3. The van der Waals surface area contributed by atoms with Gasteiger partial charge in [-0.3, -0.25) is 4.98 Å². The number of methoxy groups -OCH3 is 1. The van der Waals surface area contributed by atoms with Gasteiger partial charge < -0.3 is 19.5 Å². The van der Waals surface area contributed by atoms with Crippen molar-refractivity contribution in [2.45, 2.75) is 45.1 Å². The van der Waals surface area contributed by atoms with E-state index in [2.05, 4.69) is 19.9 Å². The number of rotatable bonds is 6. The van der Waals surface area contributed by atoms with Gasteiger partial charge >= 0.3 is 0 Å². The molecule has 1 spiro atoms. The predicted molar refractivity (Wildman–Crippen MR) is 146 cm³/mol. The van der Waals surface area contributed by atoms with E-state index in [1.54, 1.807) is 24.4 Å². The molecule has 4 aromatic rings. The number of anilines is 1. The first-order valence-electron chi connectivity index (χ1n) is 13.1. The molecule has 1 saturated heterocycles. The minimum Gasteiger partial charge on any atom is -0.468 e. The van der Waals surface area contributed by atoms with Crippen molar-refractivity contribution in [3.05, 3.63) is 52.9 Å². The average Bonchev–Trinajstić information content (AvgIpc) is 2.91. The molecule has 0 unspecified atom stereocenters. The van der Waals surface area contributed by atoms with Gasteiger partial charge in [-0.05, 0) is 83.7 Å². The SMILES string of the molecule is CCc1c(F)ccc2cc(OCOC)cc(-c3ncc4c(N5CCCC6(CC(O)C6)C5)nc(Cl)nc4c3F)c12. The molecule has 39 heavy (non-hydrogen) atoms. The summed E-state index contributed by atoms with van der Waals surface area (Å²) >= 11 is 6.34. The molecule has 2 aromatic heterocycles. The van der Waals surface area contributed by atoms with Crippen LogP contribution in [0.15, 0.2) is 30.5 Å². The van der Waals surface area contributed by atoms with Crippen LogP contribution >= 0.6 is 11.6 Å². The van der Waals surface area contributed by atoms with Gasteiger partial charge in [0.15, 0.2) is 12.6 Å². The minimum absolute atomic E-state index is 0.000946. The van der Waals surface area contributed by atoms with E-state index in [0.29, 0.717) is 51.8 Å². The monoisotopic (exact) mass is 554 g/mol. The predicted octanol–water partition coefficient (Wildman–Crippen LogP) is 6.06. The number of pyridine rings is 1. The largest absolute Gasteiger partial charge is 0.468 e. The molecule has 2 aromatic carbocycles. The molecule has 2 aliphatic rings. The molecule has 0 atom stereocenters. The van der Waals surface area contributed by atoms with Crippen molar-refractivity contribution in [1.29, 1.82) is 0 Å². The Morgan fingerprint density at radius 1 is 1.21 bits per heavy atom. The summed E-state index contributed by atoms with van der Waals surface area (Å²) in [4.78, 5) is 15.4. The molecule has 204 valence electrons. The Kier molecular flexibility index (Phi) is 6.77. The number of ether oxygens (including phenoxy) is 2. The average molecular weight is 555 g/mol. The van der Waals surface area contributed by atoms with Gasteiger partial charge in [-0.2, -0.15) is 4.98 Å². The quantitative estimate of drug-likeness (QED) is 0.229. The Labute approximate surface area is 229 Å². The van der Waals surface area contributed by atoms with E-state index in [9.17, 15) is 9.50 Å². The lowest BCUT2D eigenvalue weighted by Crippen LogP contribution is -2.52. The topological polar surface area (TPSA) is 80.6 Å². The Hall–Kier alpha value is -3.14. The van der Waals surface area contributed by atoms with E-state index in [1.807, 2.05) is 6.92 Å². The first kappa shape index (κ1) is 26.1. The highest BCUT2D eigenvalue weighted by atomic mass is 35.5. The summed E-state index contributed by atoms with van der Waals surface area (Å²) in [5.41, 5.74) is 0.966. The number of fused-ring (bicyclic) bond motifs is 2. The van der Waals surface area contributed by atoms with Crippen LogP contribution in [-0.2, 0) is 11.2 Å². The lowest BCUT2D eigenvalue weighted by atomic mass is 9.62. The lowest BCUT2D eigenvalue weighted by molar-refractivity contribution is -0.0396. The number of halogens is 3. The molecular weight excluding hydrogens is 526 g/mol. The molecule has 1 N–H and O–H groups in total. The van der Waals surface area contributed by atoms with Crippen molar-refractivity contribution in [2.75, 3.05) is 31.9 Å². The van der Waals surface area contributed by atoms with Crippen LogP contribution in [0.4, 0.5) is 14.6 Å². The molecule has 10 heteroatoms. The summed E-state index contributed by atoms with van der Waals surface area (Å²) in [5.74, 6) is -0.0612. The number of aryl methyl sites for hydroxylation is 1. The van der Waals surface area contributed by atoms with Crippen LogP contribution < -0.4 is 9.64 Å². The van der Waals surface area contributed by atoms with Crippen molar-refractivity contribution in [2.24, 2.45) is 5.41 Å². The van der Waals surface area contributed by atoms with Crippen molar-refractivity contribution in [3.8, 4) is 17.0 Å². The van der Waals surface area contributed by atoms with Crippen LogP contribution in [0.5, 0.6) is 5.75 Å². The van der Waals surface area contributed by atoms with E-state index >= 15 is 4.39 Å². The van der Waals surface area contributed by atoms with Crippen LogP contribution in [0.1, 0.15) is 38.2 Å². The zero-order valence-electron chi connectivity index (χ0n) is 21.8. The normalized spacial score (nSPS) is 21.1. The first-order chi connectivity index (χ1) is 18.8. The standard InChI is InChI=1S/C29H29ClF2N4O3/c1-3-19-22(31)6-5-16-9-18(39-15-38-2)10-20(23(16)19)25-24(32)26-21(13-33-25)27(35-28(30)34-26)36-8-4-7-29(14-36)11-17(37)12-29/h5-6,9-10,13,17,37H,3-4,7-8,11-12,14-15H2,1-2H3. The summed E-state index contributed by atoms with van der Waals surface area (Å²) in [6.07, 6.45) is 5.19. The van der Waals surface area contributed by atoms with Gasteiger partial charge in [0.2, 0.25) is 5.28 Å². The fourth-order valence-corrected chi connectivity index (χ4v) is 6.50. The summed E-state index contributed by atoms with van der Waals surface area (Å²) in [6.45, 7) is 3.30. The van der Waals surface area contributed by atoms with Crippen LogP contribution in [0, 0.1) is 17.0 Å². The van der Waals surface area contributed by atoms with Crippen molar-refractivity contribution in [1.82, 2.24) is 15.0 Å². The molecule has 6 rings (SSSR count). The van der Waals surface area contributed by atoms with E-state index in [-0.39, 0.29) is 40.6 Å².